The zero-order valence-electron chi connectivity index (χ0n) is 27.2. The summed E-state index contributed by atoms with van der Waals surface area (Å²) in [5.74, 6) is 1.31. The van der Waals surface area contributed by atoms with Gasteiger partial charge in [-0.25, -0.2) is 4.98 Å². The van der Waals surface area contributed by atoms with Gasteiger partial charge >= 0.3 is 6.30 Å². The van der Waals surface area contributed by atoms with Gasteiger partial charge in [0, 0.05) is 49.6 Å². The molecule has 1 amide bonds. The lowest BCUT2D eigenvalue weighted by Crippen LogP contribution is -2.56. The van der Waals surface area contributed by atoms with Crippen LogP contribution in [0, 0.1) is 18.3 Å². The molecule has 8 nitrogen and oxygen atoms in total. The van der Waals surface area contributed by atoms with Crippen molar-refractivity contribution in [1.29, 1.82) is 0 Å². The Bertz CT molecular complexity index is 1580. The number of anilines is 1. The third-order valence-corrected chi connectivity index (χ3v) is 11.8. The number of fused-ring (bicyclic) bond motifs is 3. The summed E-state index contributed by atoms with van der Waals surface area (Å²) in [6.45, 7) is 4.06. The molecule has 0 atom stereocenters. The Balaban J connectivity index is 1.13. The zero-order chi connectivity index (χ0) is 33.0. The van der Waals surface area contributed by atoms with Gasteiger partial charge in [0.1, 0.15) is 11.6 Å². The lowest BCUT2D eigenvalue weighted by atomic mass is 9.51. The molecule has 0 spiro atoms. The molecule has 1 saturated heterocycles. The largest absolute Gasteiger partial charge is 0.504 e. The number of hydrogen-bond donors (Lipinski definition) is 1. The summed E-state index contributed by atoms with van der Waals surface area (Å²) >= 11 is 0. The summed E-state index contributed by atoms with van der Waals surface area (Å²) in [5.41, 5.74) is 3.48. The lowest BCUT2D eigenvalue weighted by molar-refractivity contribution is -0.212. The van der Waals surface area contributed by atoms with Crippen molar-refractivity contribution in [2.24, 2.45) is 11.3 Å². The molecule has 2 aromatic heterocycles. The number of β-amino-alcohol motifs (C(OH)–C–C–N with tert-alkyl or cyclic N) is 1. The van der Waals surface area contributed by atoms with Crippen molar-refractivity contribution >= 4 is 11.7 Å². The van der Waals surface area contributed by atoms with E-state index in [0.717, 1.165) is 81.7 Å². The van der Waals surface area contributed by atoms with Crippen molar-refractivity contribution in [1.82, 2.24) is 19.7 Å². The predicted molar refractivity (Wildman–Crippen MR) is 172 cm³/mol. The quantitative estimate of drug-likeness (QED) is 0.296. The molecule has 47 heavy (non-hydrogen) atoms. The second-order valence-corrected chi connectivity index (χ2v) is 14.5. The standard InChI is InChI=1S/C36H44F3N5O3/c1-24-17-28(5-8-31(24)47-2)35-13-10-34(11-14-35,12-15-35)23-43(33(46)25-3-6-29(7-4-25)42-21-30(45)22-42)32-18-26(9-16-40-32)27-19-41-44(20-27)36(37,38)39/h5,8-9,16-20,25,29-30,45H,3-4,6-7,10-15,21-23H2,1-2H3. The van der Waals surface area contributed by atoms with Crippen molar-refractivity contribution in [3.05, 3.63) is 60.0 Å². The molecule has 4 saturated carbocycles. The fourth-order valence-electron chi connectivity index (χ4n) is 8.80. The summed E-state index contributed by atoms with van der Waals surface area (Å²) in [6, 6.07) is 10.4. The minimum atomic E-state index is -4.61. The Hall–Kier alpha value is -3.44. The first kappa shape index (κ1) is 32.1. The van der Waals surface area contributed by atoms with Gasteiger partial charge in [-0.3, -0.25) is 14.6 Å². The summed E-state index contributed by atoms with van der Waals surface area (Å²) in [4.78, 5) is 23.3. The fraction of sp³-hybridized carbons (Fsp3) is 0.583. The Morgan fingerprint density at radius 1 is 1.02 bits per heavy atom. The topological polar surface area (TPSA) is 83.7 Å². The highest BCUT2D eigenvalue weighted by Crippen LogP contribution is 2.58. The lowest BCUT2D eigenvalue weighted by Gasteiger charge is -2.55. The number of aromatic nitrogens is 3. The number of amides is 1. The van der Waals surface area contributed by atoms with Gasteiger partial charge in [0.05, 0.1) is 19.4 Å². The van der Waals surface area contributed by atoms with Gasteiger partial charge in [-0.2, -0.15) is 9.78 Å². The molecule has 4 aliphatic carbocycles. The first-order valence-electron chi connectivity index (χ1n) is 16.9. The van der Waals surface area contributed by atoms with Crippen LogP contribution < -0.4 is 9.64 Å². The highest BCUT2D eigenvalue weighted by molar-refractivity contribution is 5.95. The van der Waals surface area contributed by atoms with E-state index in [1.165, 1.54) is 11.8 Å². The van der Waals surface area contributed by atoms with Gasteiger partial charge in [-0.1, -0.05) is 12.1 Å². The fourth-order valence-corrected chi connectivity index (χ4v) is 8.80. The Labute approximate surface area is 273 Å². The molecule has 1 aromatic carbocycles. The van der Waals surface area contributed by atoms with Crippen molar-refractivity contribution in [3.63, 3.8) is 0 Å². The number of aryl methyl sites for hydroxylation is 1. The van der Waals surface area contributed by atoms with Gasteiger partial charge in [-0.15, -0.1) is 13.2 Å². The molecular formula is C36H44F3N5O3. The number of carbonyl (C=O) groups excluding carboxylic acids is 1. The molecule has 11 heteroatoms. The molecule has 5 aliphatic rings. The number of methoxy groups -OCH3 is 1. The van der Waals surface area contributed by atoms with Gasteiger partial charge < -0.3 is 9.84 Å². The van der Waals surface area contributed by atoms with Gasteiger partial charge in [0.15, 0.2) is 0 Å². The second-order valence-electron chi connectivity index (χ2n) is 14.5. The van der Waals surface area contributed by atoms with Crippen LogP contribution in [0.2, 0.25) is 0 Å². The molecule has 8 rings (SSSR count). The number of likely N-dealkylation sites (tertiary alicyclic amines) is 1. The molecule has 1 N–H and O–H groups in total. The maximum absolute atomic E-state index is 14.5. The molecule has 2 bridgehead atoms. The maximum Gasteiger partial charge on any atom is 0.504 e. The average molecular weight is 652 g/mol. The van der Waals surface area contributed by atoms with E-state index in [4.69, 9.17) is 4.74 Å². The SMILES string of the molecule is COc1ccc(C23CCC(CN(C(=O)C4CCC(N5CC(O)C5)CC4)c4cc(-c5cnn(C(F)(F)F)c5)ccn4)(CC2)CC3)cc1C. The van der Waals surface area contributed by atoms with Gasteiger partial charge in [0.25, 0.3) is 0 Å². The number of rotatable bonds is 8. The van der Waals surface area contributed by atoms with Gasteiger partial charge in [-0.05, 0) is 117 Å². The number of benzene rings is 1. The van der Waals surface area contributed by atoms with Crippen molar-refractivity contribution in [3.8, 4) is 16.9 Å². The van der Waals surface area contributed by atoms with E-state index in [-0.39, 0.29) is 33.4 Å². The van der Waals surface area contributed by atoms with Crippen molar-refractivity contribution in [2.75, 3.05) is 31.6 Å². The van der Waals surface area contributed by atoms with Crippen LogP contribution in [0.25, 0.3) is 11.1 Å². The number of aliphatic hydroxyl groups is 1. The first-order chi connectivity index (χ1) is 22.5. The number of nitrogens with zero attached hydrogens (tertiary/aromatic N) is 5. The number of pyridine rings is 1. The van der Waals surface area contributed by atoms with Crippen LogP contribution in [0.15, 0.2) is 48.9 Å². The van der Waals surface area contributed by atoms with Crippen LogP contribution in [-0.2, 0) is 16.5 Å². The summed E-state index contributed by atoms with van der Waals surface area (Å²) in [6.07, 6.45) is 8.45. The Kier molecular flexibility index (Phi) is 8.35. The third-order valence-electron chi connectivity index (χ3n) is 11.8. The number of aliphatic hydroxyl groups excluding tert-OH is 1. The number of halogens is 3. The average Bonchev–Trinajstić information content (AvgIpc) is 3.58. The number of hydrogen-bond acceptors (Lipinski definition) is 6. The Morgan fingerprint density at radius 3 is 2.32 bits per heavy atom. The normalized spacial score (nSPS) is 28.2. The number of ether oxygens (including phenoxy) is 1. The molecule has 3 heterocycles. The third kappa shape index (κ3) is 6.17. The van der Waals surface area contributed by atoms with E-state index < -0.39 is 6.30 Å². The molecular weight excluding hydrogens is 607 g/mol. The highest BCUT2D eigenvalue weighted by atomic mass is 19.4. The van der Waals surface area contributed by atoms with E-state index in [0.29, 0.717) is 42.6 Å². The van der Waals surface area contributed by atoms with Crippen molar-refractivity contribution in [2.45, 2.75) is 95.0 Å². The minimum absolute atomic E-state index is 0.000508. The van der Waals surface area contributed by atoms with Crippen molar-refractivity contribution < 1.29 is 27.8 Å². The Morgan fingerprint density at radius 2 is 1.72 bits per heavy atom. The second kappa shape index (κ2) is 12.2. The molecule has 252 valence electrons. The summed E-state index contributed by atoms with van der Waals surface area (Å²) in [5, 5.41) is 13.3. The highest BCUT2D eigenvalue weighted by Gasteiger charge is 2.51. The molecule has 3 aromatic rings. The summed E-state index contributed by atoms with van der Waals surface area (Å²) in [7, 11) is 1.70. The zero-order valence-corrected chi connectivity index (χ0v) is 27.2. The minimum Gasteiger partial charge on any atom is -0.496 e. The first-order valence-corrected chi connectivity index (χ1v) is 16.9. The molecule has 1 aliphatic heterocycles. The van der Waals surface area contributed by atoms with Crippen LogP contribution in [0.4, 0.5) is 19.0 Å². The molecule has 0 unspecified atom stereocenters. The summed E-state index contributed by atoms with van der Waals surface area (Å²) < 4.78 is 45.4. The van der Waals surface area contributed by atoms with E-state index in [1.807, 2.05) is 4.90 Å². The van der Waals surface area contributed by atoms with Crippen LogP contribution >= 0.6 is 0 Å². The monoisotopic (exact) mass is 651 g/mol. The van der Waals surface area contributed by atoms with Crippen LogP contribution in [-0.4, -0.2) is 69.6 Å². The van der Waals surface area contributed by atoms with Crippen LogP contribution in [0.1, 0.15) is 75.3 Å². The van der Waals surface area contributed by atoms with E-state index in [2.05, 4.69) is 40.1 Å². The van der Waals surface area contributed by atoms with E-state index >= 15 is 0 Å². The van der Waals surface area contributed by atoms with E-state index in [9.17, 15) is 23.1 Å². The van der Waals surface area contributed by atoms with Crippen LogP contribution in [0.3, 0.4) is 0 Å². The molecule has 5 fully saturated rings. The van der Waals surface area contributed by atoms with Gasteiger partial charge in [0.2, 0.25) is 5.91 Å². The van der Waals surface area contributed by atoms with Crippen LogP contribution in [0.5, 0.6) is 5.75 Å². The number of carbonyl (C=O) groups is 1. The smallest absolute Gasteiger partial charge is 0.496 e. The number of alkyl halides is 3. The maximum atomic E-state index is 14.5. The molecule has 0 radical (unpaired) electrons. The predicted octanol–water partition coefficient (Wildman–Crippen LogP) is 6.60. The van der Waals surface area contributed by atoms with E-state index in [1.54, 1.807) is 25.4 Å².